The smallest absolute Gasteiger partial charge is 0.746 e. The Morgan fingerprint density at radius 3 is 2.53 bits per heavy atom. The summed E-state index contributed by atoms with van der Waals surface area (Å²) in [6, 6.07) is 2.43. The molecule has 3 aromatic rings. The van der Waals surface area contributed by atoms with Gasteiger partial charge >= 0.3 is 59.2 Å². The van der Waals surface area contributed by atoms with Crippen LogP contribution in [-0.2, 0) is 4.57 Å². The maximum absolute atomic E-state index is 12.5. The topological polar surface area (TPSA) is 184 Å². The van der Waals surface area contributed by atoms with Crippen LogP contribution >= 0.6 is 7.82 Å². The predicted octanol–water partition coefficient (Wildman–Crippen LogP) is -0.878. The van der Waals surface area contributed by atoms with E-state index in [1.165, 1.54) is 6.07 Å². The van der Waals surface area contributed by atoms with E-state index in [4.69, 9.17) is 13.9 Å². The zero-order valence-corrected chi connectivity index (χ0v) is 22.1. The number of carbonyl (C=O) groups excluding carboxylic acids is 1. The molecule has 0 saturated heterocycles. The van der Waals surface area contributed by atoms with E-state index < -0.39 is 19.5 Å². The first-order valence-corrected chi connectivity index (χ1v) is 10.7. The second-order valence-corrected chi connectivity index (χ2v) is 7.97. The van der Waals surface area contributed by atoms with E-state index in [0.717, 1.165) is 6.07 Å². The average molecular weight is 490 g/mol. The molecule has 0 saturated carbocycles. The van der Waals surface area contributed by atoms with Gasteiger partial charge in [0.15, 0.2) is 11.5 Å². The van der Waals surface area contributed by atoms with Crippen molar-refractivity contribution in [3.63, 3.8) is 0 Å². The Hall–Kier alpha value is -1.57. The second kappa shape index (κ2) is 10.6. The molecule has 3 rings (SSSR count). The molecule has 1 amide bonds. The van der Waals surface area contributed by atoms with Crippen LogP contribution < -0.4 is 66.1 Å². The number of phosphoric acid groups is 1. The molecule has 0 aliphatic rings. The fraction of sp³-hybridized carbons (Fsp3) is 0.333. The van der Waals surface area contributed by atoms with Gasteiger partial charge < -0.3 is 33.8 Å². The molecule has 2 heterocycles. The number of amides is 1. The summed E-state index contributed by atoms with van der Waals surface area (Å²) in [7, 11) is -5.11. The van der Waals surface area contributed by atoms with Crippen molar-refractivity contribution in [2.75, 3.05) is 6.54 Å². The van der Waals surface area contributed by atoms with E-state index in [9.17, 15) is 19.4 Å². The summed E-state index contributed by atoms with van der Waals surface area (Å²) in [6.45, 7) is 7.12. The minimum absolute atomic E-state index is 0. The Labute approximate surface area is 225 Å². The van der Waals surface area contributed by atoms with Crippen LogP contribution in [-0.4, -0.2) is 37.7 Å². The molecule has 0 fully saturated rings. The molecule has 0 spiro atoms. The maximum Gasteiger partial charge on any atom is 1.00 e. The second-order valence-electron chi connectivity index (χ2n) is 6.85. The van der Waals surface area contributed by atoms with Gasteiger partial charge in [0.1, 0.15) is 17.1 Å². The van der Waals surface area contributed by atoms with Gasteiger partial charge in [-0.2, -0.15) is 4.98 Å². The van der Waals surface area contributed by atoms with Crippen molar-refractivity contribution in [3.8, 4) is 34.2 Å². The van der Waals surface area contributed by atoms with Crippen LogP contribution in [0.25, 0.3) is 22.7 Å². The van der Waals surface area contributed by atoms with E-state index in [1.54, 1.807) is 27.7 Å². The molecule has 2 aromatic heterocycles. The van der Waals surface area contributed by atoms with Crippen molar-refractivity contribution >= 4 is 13.7 Å². The summed E-state index contributed by atoms with van der Waals surface area (Å²) in [4.78, 5) is 36.8. The summed E-state index contributed by atoms with van der Waals surface area (Å²) in [6.07, 6.45) is 0. The van der Waals surface area contributed by atoms with Crippen LogP contribution in [0.5, 0.6) is 11.5 Å². The van der Waals surface area contributed by atoms with Crippen LogP contribution in [0.15, 0.2) is 21.2 Å². The van der Waals surface area contributed by atoms with Crippen LogP contribution in [0.1, 0.15) is 48.6 Å². The number of nitrogens with zero attached hydrogens (tertiary/aromatic N) is 3. The SMILES string of the molecule is CCNC(=O)c1noc(-c2cc(C(C)C)c(OP(=O)([O-])O)cc2O)c1-c1noc(C)n1.[K+]. The molecule has 0 aliphatic carbocycles. The van der Waals surface area contributed by atoms with Crippen molar-refractivity contribution < 1.29 is 89.2 Å². The Bertz CT molecular complexity index is 1170. The first-order valence-electron chi connectivity index (χ1n) is 9.21. The van der Waals surface area contributed by atoms with Gasteiger partial charge in [-0.25, -0.2) is 0 Å². The molecular formula is C18H20KN4O8P. The molecular weight excluding hydrogens is 470 g/mol. The minimum Gasteiger partial charge on any atom is -0.746 e. The number of benzene rings is 1. The summed E-state index contributed by atoms with van der Waals surface area (Å²) < 4.78 is 26.2. The Balaban J connectivity index is 0.00000363. The van der Waals surface area contributed by atoms with Crippen LogP contribution in [0.2, 0.25) is 0 Å². The summed E-state index contributed by atoms with van der Waals surface area (Å²) in [5.74, 6) is -1.32. The predicted molar refractivity (Wildman–Crippen MR) is 104 cm³/mol. The van der Waals surface area contributed by atoms with Gasteiger partial charge in [0.25, 0.3) is 5.91 Å². The van der Waals surface area contributed by atoms with Crippen molar-refractivity contribution in [1.29, 1.82) is 0 Å². The van der Waals surface area contributed by atoms with E-state index in [1.807, 2.05) is 0 Å². The van der Waals surface area contributed by atoms with Crippen molar-refractivity contribution in [2.45, 2.75) is 33.6 Å². The molecule has 0 aliphatic heterocycles. The molecule has 1 atom stereocenters. The third-order valence-corrected chi connectivity index (χ3v) is 4.63. The van der Waals surface area contributed by atoms with Crippen LogP contribution in [0.4, 0.5) is 0 Å². The number of hydrogen-bond acceptors (Lipinski definition) is 10. The van der Waals surface area contributed by atoms with E-state index >= 15 is 0 Å². The molecule has 14 heteroatoms. The maximum atomic E-state index is 12.5. The first kappa shape index (κ1) is 26.7. The van der Waals surface area contributed by atoms with Gasteiger partial charge in [-0.05, 0) is 24.5 Å². The fourth-order valence-corrected chi connectivity index (χ4v) is 3.31. The third kappa shape index (κ3) is 5.86. The fourth-order valence-electron chi connectivity index (χ4n) is 2.90. The molecule has 0 radical (unpaired) electrons. The van der Waals surface area contributed by atoms with Crippen LogP contribution in [0.3, 0.4) is 0 Å². The average Bonchev–Trinajstić information content (AvgIpc) is 3.26. The zero-order valence-electron chi connectivity index (χ0n) is 18.1. The number of hydrogen-bond donors (Lipinski definition) is 3. The number of nitrogens with one attached hydrogen (secondary N) is 1. The molecule has 3 N–H and O–H groups in total. The Morgan fingerprint density at radius 2 is 2.00 bits per heavy atom. The number of phenols is 1. The van der Waals surface area contributed by atoms with Gasteiger partial charge in [0.2, 0.25) is 11.7 Å². The minimum atomic E-state index is -5.11. The molecule has 0 bridgehead atoms. The van der Waals surface area contributed by atoms with Gasteiger partial charge in [0, 0.05) is 19.5 Å². The number of aromatic hydroxyl groups is 1. The van der Waals surface area contributed by atoms with Gasteiger partial charge in [0.05, 0.1) is 5.56 Å². The quantitative estimate of drug-likeness (QED) is 0.276. The summed E-state index contributed by atoms with van der Waals surface area (Å²) in [5.41, 5.74) is 0.375. The van der Waals surface area contributed by atoms with Crippen molar-refractivity contribution in [1.82, 2.24) is 20.6 Å². The number of rotatable bonds is 7. The molecule has 12 nitrogen and oxygen atoms in total. The molecule has 166 valence electrons. The number of carbonyl (C=O) groups is 1. The third-order valence-electron chi connectivity index (χ3n) is 4.20. The molecule has 1 unspecified atom stereocenters. The monoisotopic (exact) mass is 490 g/mol. The van der Waals surface area contributed by atoms with Gasteiger partial charge in [-0.3, -0.25) is 9.36 Å². The normalized spacial score (nSPS) is 12.8. The number of phenolic OH excluding ortho intramolecular Hbond substituents is 1. The Kier molecular flexibility index (Phi) is 8.81. The van der Waals surface area contributed by atoms with Crippen LogP contribution in [0, 0.1) is 6.92 Å². The number of aryl methyl sites for hydroxylation is 1. The van der Waals surface area contributed by atoms with E-state index in [0.29, 0.717) is 12.1 Å². The van der Waals surface area contributed by atoms with E-state index in [2.05, 4.69) is 25.1 Å². The number of aromatic nitrogens is 3. The first-order chi connectivity index (χ1) is 14.5. The number of phosphoric ester groups is 1. The Morgan fingerprint density at radius 1 is 1.31 bits per heavy atom. The van der Waals surface area contributed by atoms with E-state index in [-0.39, 0.29) is 97.3 Å². The van der Waals surface area contributed by atoms with Gasteiger partial charge in [-0.1, -0.05) is 24.2 Å². The molecule has 1 aromatic carbocycles. The van der Waals surface area contributed by atoms with Crippen molar-refractivity contribution in [3.05, 3.63) is 29.3 Å². The summed E-state index contributed by atoms with van der Waals surface area (Å²) in [5, 5.41) is 20.8. The largest absolute Gasteiger partial charge is 1.00 e. The molecule has 32 heavy (non-hydrogen) atoms. The van der Waals surface area contributed by atoms with Gasteiger partial charge in [-0.15, -0.1) is 0 Å². The van der Waals surface area contributed by atoms with Crippen molar-refractivity contribution in [2.24, 2.45) is 0 Å². The standard InChI is InChI=1S/C18H21N4O8P.K/c1-5-19-18(24)15-14(17-20-9(4)28-22-17)16(29-21-15)11-6-10(8(2)3)13(7-12(11)23)30-31(25,26)27;/h6-8,23H,5H2,1-4H3,(H,19,24)(H2,25,26,27);/q;+1/p-1. The zero-order chi connectivity index (χ0) is 22.9. The summed E-state index contributed by atoms with van der Waals surface area (Å²) >= 11 is 0.